The van der Waals surface area contributed by atoms with Crippen LogP contribution in [0.15, 0.2) is 65.3 Å². The average Bonchev–Trinajstić information content (AvgIpc) is 3.48. The van der Waals surface area contributed by atoms with Crippen molar-refractivity contribution in [3.63, 3.8) is 0 Å². The summed E-state index contributed by atoms with van der Waals surface area (Å²) in [7, 11) is -4.08. The fourth-order valence-electron chi connectivity index (χ4n) is 4.17. The summed E-state index contributed by atoms with van der Waals surface area (Å²) in [4.78, 5) is 21.3. The van der Waals surface area contributed by atoms with Crippen molar-refractivity contribution in [3.05, 3.63) is 87.2 Å². The van der Waals surface area contributed by atoms with Crippen molar-refractivity contribution < 1.29 is 13.2 Å². The second-order valence-electron chi connectivity index (χ2n) is 8.54. The molecule has 0 aliphatic heterocycles. The average molecular weight is 590 g/mol. The lowest BCUT2D eigenvalue weighted by Gasteiger charge is -2.18. The van der Waals surface area contributed by atoms with Crippen LogP contribution in [0, 0.1) is 0 Å². The molecule has 1 aliphatic carbocycles. The van der Waals surface area contributed by atoms with Crippen LogP contribution in [0.1, 0.15) is 29.7 Å². The zero-order chi connectivity index (χ0) is 26.7. The first-order valence-corrected chi connectivity index (χ1v) is 14.7. The van der Waals surface area contributed by atoms with Crippen LogP contribution in [-0.4, -0.2) is 40.7 Å². The van der Waals surface area contributed by atoms with Gasteiger partial charge in [0.25, 0.3) is 10.0 Å². The number of halogens is 2. The third kappa shape index (κ3) is 5.91. The molecule has 2 amide bonds. The second-order valence-corrected chi connectivity index (χ2v) is 12.5. The summed E-state index contributed by atoms with van der Waals surface area (Å²) >= 11 is 12.5. The van der Waals surface area contributed by atoms with Gasteiger partial charge in [-0.05, 0) is 36.5 Å². The molecule has 0 unspecified atom stereocenters. The molecule has 0 saturated carbocycles. The van der Waals surface area contributed by atoms with Gasteiger partial charge in [0, 0.05) is 30.1 Å². The number of aryl methyl sites for hydroxylation is 1. The number of aromatic nitrogens is 4. The van der Waals surface area contributed by atoms with Crippen molar-refractivity contribution in [2.45, 2.75) is 30.0 Å². The SMILES string of the molecule is O=C(NC/C=C1\CCCc2cnn(Cc3cnc(-c4ccccc4)nc3)c21)NS(=O)(=O)c1cc(Cl)c(Cl)s1. The summed E-state index contributed by atoms with van der Waals surface area (Å²) in [6, 6.07) is 10.1. The molecule has 0 fully saturated rings. The van der Waals surface area contributed by atoms with Crippen LogP contribution in [0.3, 0.4) is 0 Å². The van der Waals surface area contributed by atoms with Crippen molar-refractivity contribution in [1.29, 1.82) is 0 Å². The van der Waals surface area contributed by atoms with E-state index < -0.39 is 16.1 Å². The van der Waals surface area contributed by atoms with Gasteiger partial charge in [-0.2, -0.15) is 5.10 Å². The van der Waals surface area contributed by atoms with Crippen LogP contribution in [0.2, 0.25) is 9.36 Å². The lowest BCUT2D eigenvalue weighted by atomic mass is 9.92. The zero-order valence-corrected chi connectivity index (χ0v) is 23.0. The molecule has 0 bridgehead atoms. The zero-order valence-electron chi connectivity index (χ0n) is 19.9. The maximum Gasteiger partial charge on any atom is 0.328 e. The Balaban J connectivity index is 1.25. The summed E-state index contributed by atoms with van der Waals surface area (Å²) in [5.41, 5.74) is 5.03. The third-order valence-corrected chi connectivity index (χ3v) is 9.58. The van der Waals surface area contributed by atoms with Crippen LogP contribution in [-0.2, 0) is 23.0 Å². The number of amides is 2. The maximum absolute atomic E-state index is 12.4. The van der Waals surface area contributed by atoms with Crippen LogP contribution in [0.5, 0.6) is 0 Å². The first kappa shape index (κ1) is 26.4. The summed E-state index contributed by atoms with van der Waals surface area (Å²) in [5, 5.41) is 7.27. The first-order valence-electron chi connectivity index (χ1n) is 11.7. The lowest BCUT2D eigenvalue weighted by Crippen LogP contribution is -2.39. The first-order chi connectivity index (χ1) is 18.3. The predicted molar refractivity (Wildman–Crippen MR) is 148 cm³/mol. The van der Waals surface area contributed by atoms with Crippen LogP contribution in [0.4, 0.5) is 4.79 Å². The van der Waals surface area contributed by atoms with Crippen LogP contribution < -0.4 is 10.0 Å². The van der Waals surface area contributed by atoms with Gasteiger partial charge in [-0.25, -0.2) is 27.9 Å². The van der Waals surface area contributed by atoms with E-state index >= 15 is 0 Å². The number of thiophene rings is 1. The largest absolute Gasteiger partial charge is 0.334 e. The number of hydrogen-bond donors (Lipinski definition) is 2. The van der Waals surface area contributed by atoms with E-state index in [2.05, 4.69) is 20.4 Å². The van der Waals surface area contributed by atoms with Crippen molar-refractivity contribution in [2.24, 2.45) is 0 Å². The Kier molecular flexibility index (Phi) is 7.80. The molecule has 1 aliphatic rings. The summed E-state index contributed by atoms with van der Waals surface area (Å²) < 4.78 is 28.7. The van der Waals surface area contributed by atoms with Crippen molar-refractivity contribution in [2.75, 3.05) is 6.54 Å². The van der Waals surface area contributed by atoms with Gasteiger partial charge in [0.15, 0.2) is 5.82 Å². The predicted octanol–water partition coefficient (Wildman–Crippen LogP) is 5.16. The quantitative estimate of drug-likeness (QED) is 0.307. The van der Waals surface area contributed by atoms with Gasteiger partial charge < -0.3 is 5.32 Å². The molecule has 2 N–H and O–H groups in total. The van der Waals surface area contributed by atoms with E-state index in [0.29, 0.717) is 12.4 Å². The highest BCUT2D eigenvalue weighted by Gasteiger charge is 2.22. The number of fused-ring (bicyclic) bond motifs is 1. The van der Waals surface area contributed by atoms with Crippen molar-refractivity contribution >= 4 is 56.2 Å². The molecule has 13 heteroatoms. The number of benzene rings is 1. The summed E-state index contributed by atoms with van der Waals surface area (Å²) in [5.74, 6) is 0.661. The number of carbonyl (C=O) groups is 1. The molecule has 9 nitrogen and oxygen atoms in total. The Bertz CT molecular complexity index is 1580. The molecular weight excluding hydrogens is 567 g/mol. The van der Waals surface area contributed by atoms with E-state index in [4.69, 9.17) is 23.2 Å². The van der Waals surface area contributed by atoms with Gasteiger partial charge in [-0.3, -0.25) is 4.68 Å². The highest BCUT2D eigenvalue weighted by molar-refractivity contribution is 7.92. The Morgan fingerprint density at radius 2 is 1.87 bits per heavy atom. The van der Waals surface area contributed by atoms with Gasteiger partial charge in [0.1, 0.15) is 8.55 Å². The lowest BCUT2D eigenvalue weighted by molar-refractivity contribution is 0.247. The normalized spacial score (nSPS) is 14.3. The number of carbonyl (C=O) groups excluding carboxylic acids is 1. The number of urea groups is 1. The van der Waals surface area contributed by atoms with Gasteiger partial charge >= 0.3 is 6.03 Å². The molecule has 1 aromatic carbocycles. The van der Waals surface area contributed by atoms with Gasteiger partial charge in [-0.1, -0.05) is 59.6 Å². The van der Waals surface area contributed by atoms with E-state index in [-0.39, 0.29) is 20.1 Å². The maximum atomic E-state index is 12.4. The molecule has 0 atom stereocenters. The number of nitrogens with zero attached hydrogens (tertiary/aromatic N) is 4. The minimum Gasteiger partial charge on any atom is -0.334 e. The number of allylic oxidation sites excluding steroid dienone is 1. The number of rotatable bonds is 7. The minimum absolute atomic E-state index is 0.116. The van der Waals surface area contributed by atoms with Crippen LogP contribution in [0.25, 0.3) is 17.0 Å². The van der Waals surface area contributed by atoms with E-state index in [1.54, 1.807) is 12.4 Å². The van der Waals surface area contributed by atoms with Gasteiger partial charge in [-0.15, -0.1) is 11.3 Å². The van der Waals surface area contributed by atoms with Crippen LogP contribution >= 0.6 is 34.5 Å². The molecule has 3 aromatic heterocycles. The second kappa shape index (κ2) is 11.2. The Morgan fingerprint density at radius 1 is 1.11 bits per heavy atom. The Hall–Kier alpha value is -3.25. The number of hydrogen-bond acceptors (Lipinski definition) is 7. The van der Waals surface area contributed by atoms with E-state index in [1.807, 2.05) is 52.0 Å². The highest BCUT2D eigenvalue weighted by atomic mass is 35.5. The fourth-order valence-corrected chi connectivity index (χ4v) is 6.97. The third-order valence-electron chi connectivity index (χ3n) is 5.91. The molecular formula is C25H22Cl2N6O3S2. The highest BCUT2D eigenvalue weighted by Crippen LogP contribution is 2.34. The molecule has 0 radical (unpaired) electrons. The molecule has 5 rings (SSSR count). The standard InChI is InChI=1S/C25H22Cl2N6O3S2/c26-20-11-21(37-23(20)27)38(35,36)32-25(34)28-10-9-17-7-4-8-19-14-31-33(22(17)19)15-16-12-29-24(30-13-16)18-5-2-1-3-6-18/h1-3,5-6,9,11-14H,4,7-8,10,15H2,(H2,28,32,34)/b17-9+. The fraction of sp³-hybridized carbons (Fsp3) is 0.200. The number of sulfonamides is 1. The Morgan fingerprint density at radius 3 is 2.58 bits per heavy atom. The smallest absolute Gasteiger partial charge is 0.328 e. The molecule has 0 saturated heterocycles. The summed E-state index contributed by atoms with van der Waals surface area (Å²) in [6.07, 6.45) is 10.0. The van der Waals surface area contributed by atoms with Gasteiger partial charge in [0.05, 0.1) is 23.5 Å². The topological polar surface area (TPSA) is 119 Å². The van der Waals surface area contributed by atoms with E-state index in [9.17, 15) is 13.2 Å². The number of nitrogens with one attached hydrogen (secondary N) is 2. The summed E-state index contributed by atoms with van der Waals surface area (Å²) in [6.45, 7) is 0.641. The molecule has 0 spiro atoms. The molecule has 38 heavy (non-hydrogen) atoms. The Labute approximate surface area is 233 Å². The minimum atomic E-state index is -4.08. The molecule has 3 heterocycles. The van der Waals surface area contributed by atoms with E-state index in [1.165, 1.54) is 6.07 Å². The monoisotopic (exact) mass is 588 g/mol. The van der Waals surface area contributed by atoms with Gasteiger partial charge in [0.2, 0.25) is 0 Å². The van der Waals surface area contributed by atoms with Crippen molar-refractivity contribution in [1.82, 2.24) is 29.8 Å². The van der Waals surface area contributed by atoms with Crippen molar-refractivity contribution in [3.8, 4) is 11.4 Å². The van der Waals surface area contributed by atoms with E-state index in [0.717, 1.165) is 58.6 Å². The molecule has 4 aromatic rings. The molecule has 196 valence electrons.